The first-order valence-corrected chi connectivity index (χ1v) is 16.9. The second-order valence-corrected chi connectivity index (χ2v) is 12.2. The molecular formula is C44H40O8. The molecule has 8 rings (SSSR count). The van der Waals surface area contributed by atoms with E-state index in [0.717, 1.165) is 47.9 Å². The second-order valence-electron chi connectivity index (χ2n) is 12.2. The van der Waals surface area contributed by atoms with Gasteiger partial charge < -0.3 is 18.9 Å². The van der Waals surface area contributed by atoms with Gasteiger partial charge in [0.25, 0.3) is 0 Å². The lowest BCUT2D eigenvalue weighted by molar-refractivity contribution is -0.132. The Morgan fingerprint density at radius 3 is 1.71 bits per heavy atom. The van der Waals surface area contributed by atoms with Gasteiger partial charge >= 0.3 is 23.9 Å². The van der Waals surface area contributed by atoms with Gasteiger partial charge in [-0.3, -0.25) is 19.2 Å². The number of esters is 4. The summed E-state index contributed by atoms with van der Waals surface area (Å²) in [6.07, 6.45) is 20.2. The second kappa shape index (κ2) is 17.6. The van der Waals surface area contributed by atoms with Gasteiger partial charge in [-0.1, -0.05) is 85.0 Å². The topological polar surface area (TPSA) is 105 Å². The van der Waals surface area contributed by atoms with Gasteiger partial charge in [-0.05, 0) is 95.5 Å². The number of rotatable bonds is 4. The maximum atomic E-state index is 10.8. The molecule has 4 aliphatic carbocycles. The van der Waals surface area contributed by atoms with Crippen molar-refractivity contribution in [3.8, 4) is 23.0 Å². The van der Waals surface area contributed by atoms with Crippen LogP contribution < -0.4 is 18.9 Å². The number of benzene rings is 4. The smallest absolute Gasteiger partial charge is 0.308 e. The lowest BCUT2D eigenvalue weighted by Gasteiger charge is -2.06. The molecule has 0 saturated heterocycles. The van der Waals surface area contributed by atoms with Gasteiger partial charge in [0.2, 0.25) is 0 Å². The molecule has 0 fully saturated rings. The van der Waals surface area contributed by atoms with E-state index in [4.69, 9.17) is 18.9 Å². The predicted octanol–water partition coefficient (Wildman–Crippen LogP) is 8.72. The molecule has 4 aromatic rings. The summed E-state index contributed by atoms with van der Waals surface area (Å²) in [5.74, 6) is 1.53. The van der Waals surface area contributed by atoms with Crippen LogP contribution in [0.1, 0.15) is 72.2 Å². The minimum absolute atomic E-state index is 0.264. The van der Waals surface area contributed by atoms with Crippen molar-refractivity contribution in [2.24, 2.45) is 0 Å². The summed E-state index contributed by atoms with van der Waals surface area (Å²) in [4.78, 5) is 42.9. The van der Waals surface area contributed by atoms with Gasteiger partial charge in [-0.25, -0.2) is 0 Å². The van der Waals surface area contributed by atoms with Crippen molar-refractivity contribution in [1.82, 2.24) is 0 Å². The first-order chi connectivity index (χ1) is 25.0. The zero-order valence-electron chi connectivity index (χ0n) is 29.6. The van der Waals surface area contributed by atoms with Crippen LogP contribution >= 0.6 is 0 Å². The van der Waals surface area contributed by atoms with Crippen molar-refractivity contribution < 1.29 is 38.1 Å². The third-order valence-corrected chi connectivity index (χ3v) is 8.10. The van der Waals surface area contributed by atoms with Gasteiger partial charge in [0.05, 0.1) is 0 Å². The molecule has 0 N–H and O–H groups in total. The van der Waals surface area contributed by atoms with Crippen LogP contribution in [-0.4, -0.2) is 23.9 Å². The third-order valence-electron chi connectivity index (χ3n) is 8.10. The molecule has 8 heteroatoms. The zero-order valence-corrected chi connectivity index (χ0v) is 29.6. The average Bonchev–Trinajstić information content (AvgIpc) is 3.92. The van der Waals surface area contributed by atoms with Crippen LogP contribution in [0.2, 0.25) is 0 Å². The van der Waals surface area contributed by atoms with E-state index in [2.05, 4.69) is 30.4 Å². The van der Waals surface area contributed by atoms with Gasteiger partial charge in [0, 0.05) is 38.8 Å². The zero-order chi connectivity index (χ0) is 37.0. The molecule has 0 aliphatic heterocycles. The van der Waals surface area contributed by atoms with Crippen molar-refractivity contribution in [3.63, 3.8) is 0 Å². The molecule has 4 aromatic carbocycles. The largest absolute Gasteiger partial charge is 0.427 e. The molecule has 8 nitrogen and oxygen atoms in total. The summed E-state index contributed by atoms with van der Waals surface area (Å²) in [5.41, 5.74) is 9.40. The van der Waals surface area contributed by atoms with Crippen molar-refractivity contribution in [2.45, 2.75) is 53.4 Å². The number of ether oxygens (including phenoxy) is 4. The minimum atomic E-state index is -0.276. The predicted molar refractivity (Wildman–Crippen MR) is 202 cm³/mol. The molecule has 52 heavy (non-hydrogen) atoms. The molecule has 264 valence electrons. The molecule has 0 radical (unpaired) electrons. The summed E-state index contributed by atoms with van der Waals surface area (Å²) in [6, 6.07) is 22.9. The monoisotopic (exact) mass is 696 g/mol. The molecule has 4 aliphatic rings. The minimum Gasteiger partial charge on any atom is -0.427 e. The van der Waals surface area contributed by atoms with E-state index in [1.54, 1.807) is 0 Å². The van der Waals surface area contributed by atoms with Crippen molar-refractivity contribution in [2.75, 3.05) is 0 Å². The highest BCUT2D eigenvalue weighted by Gasteiger charge is 2.13. The van der Waals surface area contributed by atoms with Crippen LogP contribution in [0.25, 0.3) is 24.3 Å². The van der Waals surface area contributed by atoms with Crippen LogP contribution in [0.3, 0.4) is 0 Å². The van der Waals surface area contributed by atoms with E-state index < -0.39 is 0 Å². The molecular weight excluding hydrogens is 656 g/mol. The quantitative estimate of drug-likeness (QED) is 0.154. The van der Waals surface area contributed by atoms with Crippen molar-refractivity contribution in [3.05, 3.63) is 142 Å². The number of hydrogen-bond donors (Lipinski definition) is 0. The van der Waals surface area contributed by atoms with E-state index in [1.807, 2.05) is 91.0 Å². The molecule has 0 atom stereocenters. The van der Waals surface area contributed by atoms with E-state index in [0.29, 0.717) is 23.0 Å². The number of allylic oxidation sites excluding steroid dienone is 4. The summed E-state index contributed by atoms with van der Waals surface area (Å²) < 4.78 is 20.1. The summed E-state index contributed by atoms with van der Waals surface area (Å²) in [5, 5.41) is 0. The highest BCUT2D eigenvalue weighted by Crippen LogP contribution is 2.30. The van der Waals surface area contributed by atoms with Gasteiger partial charge in [0.15, 0.2) is 0 Å². The lowest BCUT2D eigenvalue weighted by Crippen LogP contribution is -2.03. The Bertz CT molecular complexity index is 2110. The third kappa shape index (κ3) is 10.4. The highest BCUT2D eigenvalue weighted by molar-refractivity contribution is 5.75. The average molecular weight is 697 g/mol. The Kier molecular flexibility index (Phi) is 12.5. The Labute approximate surface area is 303 Å². The first-order valence-electron chi connectivity index (χ1n) is 16.9. The van der Waals surface area contributed by atoms with Crippen LogP contribution in [0.5, 0.6) is 23.0 Å². The molecule has 0 amide bonds. The summed E-state index contributed by atoms with van der Waals surface area (Å²) in [7, 11) is 0. The molecule has 0 bridgehead atoms. The van der Waals surface area contributed by atoms with Crippen LogP contribution in [0.15, 0.2) is 97.1 Å². The number of carbonyl (C=O) groups excluding carboxylic acids is 4. The number of fused-ring (bicyclic) bond motifs is 4. The van der Waals surface area contributed by atoms with Crippen LogP contribution in [0.4, 0.5) is 0 Å². The Hall–Kier alpha value is -6.28. The molecule has 0 unspecified atom stereocenters. The molecule has 0 spiro atoms. The van der Waals surface area contributed by atoms with Gasteiger partial charge in [0.1, 0.15) is 23.0 Å². The van der Waals surface area contributed by atoms with Crippen LogP contribution in [-0.2, 0) is 44.9 Å². The maximum Gasteiger partial charge on any atom is 0.308 e. The molecule has 0 saturated carbocycles. The molecule has 0 heterocycles. The Morgan fingerprint density at radius 2 is 0.981 bits per heavy atom. The fourth-order valence-electron chi connectivity index (χ4n) is 5.94. The standard InChI is InChI=1S/4C11H10O2/c2*1-8(12)13-11-7-3-5-9-4-2-6-10(9)11;2*1-8(12)13-11-6-5-9-3-2-4-10(9)7-11/h2-3,5-7H,4H2,1H3;2-5,7H,6H2,1H3;2,4-7H,3H2,1H3;2-3,5-7H,4H2,1H3. The van der Waals surface area contributed by atoms with Gasteiger partial charge in [-0.15, -0.1) is 0 Å². The first kappa shape index (κ1) is 37.0. The van der Waals surface area contributed by atoms with Crippen molar-refractivity contribution in [1.29, 1.82) is 0 Å². The van der Waals surface area contributed by atoms with E-state index in [-0.39, 0.29) is 23.9 Å². The molecule has 0 aromatic heterocycles. The highest BCUT2D eigenvalue weighted by atomic mass is 16.5. The normalized spacial score (nSPS) is 12.7. The summed E-state index contributed by atoms with van der Waals surface area (Å²) in [6.45, 7) is 5.65. The Balaban J connectivity index is 0.000000134. The van der Waals surface area contributed by atoms with E-state index in [1.165, 1.54) is 49.9 Å². The van der Waals surface area contributed by atoms with E-state index in [9.17, 15) is 19.2 Å². The Morgan fingerprint density at radius 1 is 0.442 bits per heavy atom. The van der Waals surface area contributed by atoms with Gasteiger partial charge in [-0.2, -0.15) is 0 Å². The fourth-order valence-corrected chi connectivity index (χ4v) is 5.94. The SMILES string of the molecule is CC(=O)Oc1ccc2c(c1)C=CC2.CC(=O)Oc1ccc2c(c1)CC=C2.CC(=O)Oc1cccc2c1C=CC2.CC(=O)Oc1cccc2c1CC=C2. The maximum absolute atomic E-state index is 10.8. The lowest BCUT2D eigenvalue weighted by atomic mass is 10.1. The summed E-state index contributed by atoms with van der Waals surface area (Å²) >= 11 is 0. The number of carbonyl (C=O) groups is 4. The van der Waals surface area contributed by atoms with Crippen molar-refractivity contribution >= 4 is 48.2 Å². The van der Waals surface area contributed by atoms with Crippen LogP contribution in [0, 0.1) is 0 Å². The van der Waals surface area contributed by atoms with E-state index >= 15 is 0 Å². The fraction of sp³-hybridized carbons (Fsp3) is 0.182. The number of hydrogen-bond acceptors (Lipinski definition) is 8.